The molecule has 2 nitrogen and oxygen atoms in total. The molecule has 0 spiro atoms. The van der Waals surface area contributed by atoms with Gasteiger partial charge in [0.1, 0.15) is 5.82 Å². The van der Waals surface area contributed by atoms with Gasteiger partial charge in [-0.25, -0.2) is 9.37 Å². The summed E-state index contributed by atoms with van der Waals surface area (Å²) in [4.78, 5) is 5.59. The summed E-state index contributed by atoms with van der Waals surface area (Å²) < 4.78 is 13.1. The Kier molecular flexibility index (Phi) is 3.88. The van der Waals surface area contributed by atoms with Gasteiger partial charge in [-0.2, -0.15) is 0 Å². The molecule has 1 N–H and O–H groups in total. The number of hydrogen-bond acceptors (Lipinski definition) is 3. The Labute approximate surface area is 115 Å². The molecule has 18 heavy (non-hydrogen) atoms. The van der Waals surface area contributed by atoms with Crippen LogP contribution in [0.5, 0.6) is 0 Å². The molecule has 1 aromatic carbocycles. The van der Waals surface area contributed by atoms with Gasteiger partial charge in [0.15, 0.2) is 0 Å². The average molecular weight is 285 g/mol. The number of rotatable bonds is 3. The van der Waals surface area contributed by atoms with Crippen molar-refractivity contribution in [2.24, 2.45) is 0 Å². The zero-order valence-electron chi connectivity index (χ0n) is 10.4. The highest BCUT2D eigenvalue weighted by molar-refractivity contribution is 7.11. The second-order valence-corrected chi connectivity index (χ2v) is 5.82. The van der Waals surface area contributed by atoms with E-state index < -0.39 is 5.82 Å². The van der Waals surface area contributed by atoms with Gasteiger partial charge in [0, 0.05) is 10.6 Å². The number of halogens is 2. The molecule has 2 aromatic rings. The zero-order chi connectivity index (χ0) is 13.3. The summed E-state index contributed by atoms with van der Waals surface area (Å²) in [5.74, 6) is -0.403. The number of benzene rings is 1. The van der Waals surface area contributed by atoms with Gasteiger partial charge >= 0.3 is 0 Å². The Balaban J connectivity index is 2.18. The van der Waals surface area contributed by atoms with Crippen molar-refractivity contribution in [3.63, 3.8) is 0 Å². The summed E-state index contributed by atoms with van der Waals surface area (Å²) >= 11 is 7.42. The van der Waals surface area contributed by atoms with Crippen LogP contribution in [0.1, 0.15) is 28.5 Å². The maximum absolute atomic E-state index is 13.1. The molecule has 0 saturated carbocycles. The zero-order valence-corrected chi connectivity index (χ0v) is 12.0. The van der Waals surface area contributed by atoms with E-state index in [1.807, 2.05) is 13.8 Å². The Morgan fingerprint density at radius 2 is 2.11 bits per heavy atom. The minimum absolute atomic E-state index is 0.123. The lowest BCUT2D eigenvalue weighted by Crippen LogP contribution is -2.06. The Hall–Kier alpha value is -1.13. The first kappa shape index (κ1) is 13.3. The van der Waals surface area contributed by atoms with Crippen molar-refractivity contribution in [2.75, 3.05) is 5.32 Å². The van der Waals surface area contributed by atoms with Crippen LogP contribution in [0.3, 0.4) is 0 Å². The number of hydrogen-bond donors (Lipinski definition) is 1. The minimum atomic E-state index is -0.403. The van der Waals surface area contributed by atoms with E-state index in [0.29, 0.717) is 0 Å². The normalized spacial score (nSPS) is 12.5. The van der Waals surface area contributed by atoms with Crippen molar-refractivity contribution in [1.29, 1.82) is 0 Å². The summed E-state index contributed by atoms with van der Waals surface area (Å²) in [6.45, 7) is 6.04. The summed E-state index contributed by atoms with van der Waals surface area (Å²) in [5.41, 5.74) is 1.84. The predicted octanol–water partition coefficient (Wildman–Crippen LogP) is 4.73. The second kappa shape index (κ2) is 5.24. The summed E-state index contributed by atoms with van der Waals surface area (Å²) in [6.07, 6.45) is 0. The topological polar surface area (TPSA) is 24.9 Å². The van der Waals surface area contributed by atoms with Crippen molar-refractivity contribution >= 4 is 28.6 Å². The maximum atomic E-state index is 13.1. The molecule has 0 saturated heterocycles. The van der Waals surface area contributed by atoms with E-state index in [0.717, 1.165) is 16.4 Å². The van der Waals surface area contributed by atoms with Gasteiger partial charge in [0.2, 0.25) is 0 Å². The number of anilines is 1. The Morgan fingerprint density at radius 3 is 2.67 bits per heavy atom. The monoisotopic (exact) mass is 284 g/mol. The summed E-state index contributed by atoms with van der Waals surface area (Å²) in [5, 5.41) is 4.48. The van der Waals surface area contributed by atoms with Crippen molar-refractivity contribution in [3.05, 3.63) is 44.6 Å². The maximum Gasteiger partial charge on any atom is 0.141 e. The molecule has 1 aromatic heterocycles. The van der Waals surface area contributed by atoms with Crippen molar-refractivity contribution < 1.29 is 4.39 Å². The molecule has 0 aliphatic carbocycles. The number of nitrogens with one attached hydrogen (secondary N) is 1. The fourth-order valence-electron chi connectivity index (χ4n) is 1.85. The molecule has 0 aliphatic rings. The molecular formula is C13H14ClFN2S. The van der Waals surface area contributed by atoms with Crippen LogP contribution >= 0.6 is 22.9 Å². The Bertz CT molecular complexity index is 568. The van der Waals surface area contributed by atoms with E-state index in [1.54, 1.807) is 23.5 Å². The molecule has 96 valence electrons. The van der Waals surface area contributed by atoms with Crippen LogP contribution in [0, 0.1) is 19.7 Å². The van der Waals surface area contributed by atoms with Crippen LogP contribution in [0.2, 0.25) is 5.02 Å². The molecule has 2 rings (SSSR count). The van der Waals surface area contributed by atoms with Crippen LogP contribution in [0.4, 0.5) is 10.1 Å². The number of thiazole rings is 1. The lowest BCUT2D eigenvalue weighted by Gasteiger charge is -2.14. The molecule has 0 amide bonds. The lowest BCUT2D eigenvalue weighted by atomic mass is 10.2. The van der Waals surface area contributed by atoms with Crippen LogP contribution in [0.15, 0.2) is 18.2 Å². The quantitative estimate of drug-likeness (QED) is 0.882. The fraction of sp³-hybridized carbons (Fsp3) is 0.308. The van der Waals surface area contributed by atoms with E-state index in [4.69, 9.17) is 11.6 Å². The molecule has 0 fully saturated rings. The average Bonchev–Trinajstić information content (AvgIpc) is 2.63. The van der Waals surface area contributed by atoms with Crippen molar-refractivity contribution in [1.82, 2.24) is 4.98 Å². The molecule has 5 heteroatoms. The number of aryl methyl sites for hydroxylation is 2. The van der Waals surface area contributed by atoms with Gasteiger partial charge in [0.25, 0.3) is 0 Å². The van der Waals surface area contributed by atoms with E-state index in [2.05, 4.69) is 17.2 Å². The molecule has 0 aliphatic heterocycles. The standard InChI is InChI=1S/C13H14ClFN2S/c1-7-13(18-9(3)16-7)8(2)17-10-4-5-12(15)11(14)6-10/h4-6,8,17H,1-3H3. The first-order valence-electron chi connectivity index (χ1n) is 5.63. The third kappa shape index (κ3) is 2.82. The highest BCUT2D eigenvalue weighted by Crippen LogP contribution is 2.28. The smallest absolute Gasteiger partial charge is 0.141 e. The number of nitrogens with zero attached hydrogens (tertiary/aromatic N) is 1. The number of aromatic nitrogens is 1. The first-order valence-corrected chi connectivity index (χ1v) is 6.82. The van der Waals surface area contributed by atoms with E-state index in [-0.39, 0.29) is 11.1 Å². The van der Waals surface area contributed by atoms with Gasteiger partial charge < -0.3 is 5.32 Å². The fourth-order valence-corrected chi connectivity index (χ4v) is 2.96. The first-order chi connectivity index (χ1) is 8.47. The van der Waals surface area contributed by atoms with Gasteiger partial charge in [-0.3, -0.25) is 0 Å². The molecule has 1 atom stereocenters. The van der Waals surface area contributed by atoms with Gasteiger partial charge in [0.05, 0.1) is 21.8 Å². The van der Waals surface area contributed by atoms with Crippen molar-refractivity contribution in [3.8, 4) is 0 Å². The third-order valence-electron chi connectivity index (χ3n) is 2.64. The van der Waals surface area contributed by atoms with Crippen LogP contribution in [-0.4, -0.2) is 4.98 Å². The summed E-state index contributed by atoms with van der Waals surface area (Å²) in [7, 11) is 0. The predicted molar refractivity (Wildman–Crippen MR) is 75.0 cm³/mol. The highest BCUT2D eigenvalue weighted by atomic mass is 35.5. The van der Waals surface area contributed by atoms with Gasteiger partial charge in [-0.15, -0.1) is 11.3 Å². The van der Waals surface area contributed by atoms with Gasteiger partial charge in [-0.05, 0) is 39.0 Å². The van der Waals surface area contributed by atoms with Crippen molar-refractivity contribution in [2.45, 2.75) is 26.8 Å². The second-order valence-electron chi connectivity index (χ2n) is 4.18. The SMILES string of the molecule is Cc1nc(C)c(C(C)Nc2ccc(F)c(Cl)c2)s1. The lowest BCUT2D eigenvalue weighted by molar-refractivity contribution is 0.628. The highest BCUT2D eigenvalue weighted by Gasteiger charge is 2.13. The third-order valence-corrected chi connectivity index (χ3v) is 4.18. The molecule has 0 radical (unpaired) electrons. The largest absolute Gasteiger partial charge is 0.378 e. The summed E-state index contributed by atoms with van der Waals surface area (Å²) in [6, 6.07) is 4.76. The van der Waals surface area contributed by atoms with Gasteiger partial charge in [-0.1, -0.05) is 11.6 Å². The van der Waals surface area contributed by atoms with Crippen LogP contribution in [0.25, 0.3) is 0 Å². The van der Waals surface area contributed by atoms with E-state index >= 15 is 0 Å². The molecule has 1 heterocycles. The minimum Gasteiger partial charge on any atom is -0.378 e. The molecule has 0 bridgehead atoms. The van der Waals surface area contributed by atoms with Crippen LogP contribution < -0.4 is 5.32 Å². The van der Waals surface area contributed by atoms with Crippen LogP contribution in [-0.2, 0) is 0 Å². The molecular weight excluding hydrogens is 271 g/mol. The van der Waals surface area contributed by atoms with E-state index in [9.17, 15) is 4.39 Å². The Morgan fingerprint density at radius 1 is 1.39 bits per heavy atom. The molecule has 1 unspecified atom stereocenters. The van der Waals surface area contributed by atoms with E-state index in [1.165, 1.54) is 10.9 Å².